The van der Waals surface area contributed by atoms with Crippen molar-refractivity contribution < 1.29 is 9.72 Å². The molecule has 60 valence electrons. The standard InChI is InChI=1S/C5H7N3O3/c1-5(2)3(8(10)11)6-4(9)7-5/h1-2H3,(H,7,9). The molecule has 0 aromatic heterocycles. The molecule has 1 N–H and O–H groups in total. The topological polar surface area (TPSA) is 84.6 Å². The Hall–Kier alpha value is -1.46. The van der Waals surface area contributed by atoms with E-state index < -0.39 is 16.5 Å². The Kier molecular flexibility index (Phi) is 1.40. The Balaban J connectivity index is 3.01. The average Bonchev–Trinajstić information content (AvgIpc) is 2.04. The van der Waals surface area contributed by atoms with Gasteiger partial charge in [0.05, 0.1) is 0 Å². The quantitative estimate of drug-likeness (QED) is 0.401. The summed E-state index contributed by atoms with van der Waals surface area (Å²) in [5.41, 5.74) is -0.944. The maximum atomic E-state index is 10.6. The van der Waals surface area contributed by atoms with Crippen molar-refractivity contribution in [3.8, 4) is 0 Å². The van der Waals surface area contributed by atoms with Gasteiger partial charge < -0.3 is 10.1 Å². The van der Waals surface area contributed by atoms with Crippen LogP contribution in [0.2, 0.25) is 0 Å². The van der Waals surface area contributed by atoms with Crippen LogP contribution in [0.15, 0.2) is 4.99 Å². The van der Waals surface area contributed by atoms with Crippen molar-refractivity contribution in [3.63, 3.8) is 0 Å². The number of aliphatic imine (C=N–C) groups is 1. The predicted octanol–water partition coefficient (Wildman–Crippen LogP) is 0.163. The van der Waals surface area contributed by atoms with Gasteiger partial charge in [-0.1, -0.05) is 0 Å². The van der Waals surface area contributed by atoms with Crippen LogP contribution in [0.4, 0.5) is 4.79 Å². The fraction of sp³-hybridized carbons (Fsp3) is 0.600. The van der Waals surface area contributed by atoms with Gasteiger partial charge in [0, 0.05) is 4.99 Å². The molecule has 0 atom stereocenters. The lowest BCUT2D eigenvalue weighted by Crippen LogP contribution is -2.45. The molecular formula is C5H7N3O3. The molecule has 0 aromatic rings. The normalized spacial score (nSPS) is 20.9. The summed E-state index contributed by atoms with van der Waals surface area (Å²) in [6, 6.07) is -0.651. The molecule has 0 fully saturated rings. The molecule has 0 saturated heterocycles. The predicted molar refractivity (Wildman–Crippen MR) is 37.0 cm³/mol. The van der Waals surface area contributed by atoms with Crippen molar-refractivity contribution in [1.82, 2.24) is 5.32 Å². The van der Waals surface area contributed by atoms with Gasteiger partial charge in [0.15, 0.2) is 0 Å². The largest absolute Gasteiger partial charge is 0.451 e. The van der Waals surface area contributed by atoms with Crippen molar-refractivity contribution in [2.75, 3.05) is 0 Å². The smallest absolute Gasteiger partial charge is 0.358 e. The molecule has 0 saturated carbocycles. The lowest BCUT2D eigenvalue weighted by molar-refractivity contribution is -0.356. The maximum absolute atomic E-state index is 10.6. The zero-order valence-corrected chi connectivity index (χ0v) is 6.12. The molecule has 1 aliphatic heterocycles. The summed E-state index contributed by atoms with van der Waals surface area (Å²) < 4.78 is 0. The number of amides is 2. The first-order valence-corrected chi connectivity index (χ1v) is 2.99. The van der Waals surface area contributed by atoms with E-state index in [9.17, 15) is 14.9 Å². The first-order chi connectivity index (χ1) is 4.93. The van der Waals surface area contributed by atoms with E-state index in [-0.39, 0.29) is 5.84 Å². The van der Waals surface area contributed by atoms with Crippen molar-refractivity contribution in [2.24, 2.45) is 4.99 Å². The second kappa shape index (κ2) is 2.01. The van der Waals surface area contributed by atoms with E-state index in [1.807, 2.05) is 0 Å². The molecular weight excluding hydrogens is 150 g/mol. The van der Waals surface area contributed by atoms with E-state index in [2.05, 4.69) is 10.3 Å². The highest BCUT2D eigenvalue weighted by atomic mass is 16.6. The minimum atomic E-state index is -0.944. The Bertz CT molecular complexity index is 256. The van der Waals surface area contributed by atoms with Crippen LogP contribution in [-0.2, 0) is 0 Å². The molecule has 0 spiro atoms. The molecule has 0 aromatic carbocycles. The van der Waals surface area contributed by atoms with E-state index >= 15 is 0 Å². The molecule has 0 radical (unpaired) electrons. The third kappa shape index (κ3) is 1.19. The SMILES string of the molecule is CC1(C)NC(=O)N=C1[N+](=O)[O-]. The van der Waals surface area contributed by atoms with Gasteiger partial charge in [0.1, 0.15) is 5.54 Å². The highest BCUT2D eigenvalue weighted by molar-refractivity contribution is 6.02. The van der Waals surface area contributed by atoms with Crippen LogP contribution < -0.4 is 5.32 Å². The van der Waals surface area contributed by atoms with Crippen LogP contribution in [-0.4, -0.2) is 22.3 Å². The zero-order valence-electron chi connectivity index (χ0n) is 6.12. The Morgan fingerprint density at radius 1 is 1.64 bits per heavy atom. The summed E-state index contributed by atoms with van der Waals surface area (Å²) >= 11 is 0. The summed E-state index contributed by atoms with van der Waals surface area (Å²) in [5.74, 6) is -0.331. The third-order valence-corrected chi connectivity index (χ3v) is 1.36. The number of carbonyl (C=O) groups is 1. The molecule has 1 heterocycles. The molecule has 0 aliphatic carbocycles. The van der Waals surface area contributed by atoms with Crippen LogP contribution in [0.3, 0.4) is 0 Å². The number of nitro groups is 1. The number of amidine groups is 1. The number of carbonyl (C=O) groups excluding carboxylic acids is 1. The monoisotopic (exact) mass is 157 g/mol. The van der Waals surface area contributed by atoms with Gasteiger partial charge in [-0.15, -0.1) is 0 Å². The van der Waals surface area contributed by atoms with Gasteiger partial charge in [0.25, 0.3) is 0 Å². The number of hydrogen-bond donors (Lipinski definition) is 1. The highest BCUT2D eigenvalue weighted by Crippen LogP contribution is 2.12. The van der Waals surface area contributed by atoms with Crippen LogP contribution >= 0.6 is 0 Å². The van der Waals surface area contributed by atoms with Gasteiger partial charge in [-0.05, 0) is 18.8 Å². The number of rotatable bonds is 0. The molecule has 0 bridgehead atoms. The van der Waals surface area contributed by atoms with E-state index in [0.29, 0.717) is 0 Å². The Morgan fingerprint density at radius 2 is 2.18 bits per heavy atom. The van der Waals surface area contributed by atoms with Gasteiger partial charge in [-0.3, -0.25) is 5.32 Å². The number of nitrogens with zero attached hydrogens (tertiary/aromatic N) is 2. The van der Waals surface area contributed by atoms with Crippen molar-refractivity contribution >= 4 is 11.9 Å². The molecule has 6 nitrogen and oxygen atoms in total. The van der Waals surface area contributed by atoms with E-state index in [0.717, 1.165) is 0 Å². The second-order valence-corrected chi connectivity index (χ2v) is 2.75. The van der Waals surface area contributed by atoms with E-state index in [4.69, 9.17) is 0 Å². The van der Waals surface area contributed by atoms with Crippen LogP contribution in [0.5, 0.6) is 0 Å². The zero-order chi connectivity index (χ0) is 8.65. The summed E-state index contributed by atoms with van der Waals surface area (Å²) in [6.07, 6.45) is 0. The first-order valence-electron chi connectivity index (χ1n) is 2.99. The fourth-order valence-corrected chi connectivity index (χ4v) is 0.856. The first kappa shape index (κ1) is 7.64. The lowest BCUT2D eigenvalue weighted by Gasteiger charge is -2.12. The van der Waals surface area contributed by atoms with Crippen LogP contribution in [0.1, 0.15) is 13.8 Å². The highest BCUT2D eigenvalue weighted by Gasteiger charge is 2.44. The molecule has 11 heavy (non-hydrogen) atoms. The van der Waals surface area contributed by atoms with Crippen molar-refractivity contribution in [3.05, 3.63) is 10.1 Å². The van der Waals surface area contributed by atoms with Gasteiger partial charge in [0.2, 0.25) is 0 Å². The lowest BCUT2D eigenvalue weighted by atomic mass is 10.1. The third-order valence-electron chi connectivity index (χ3n) is 1.36. The maximum Gasteiger partial charge on any atom is 0.451 e. The molecule has 6 heteroatoms. The number of urea groups is 1. The van der Waals surface area contributed by atoms with Gasteiger partial charge in [-0.2, -0.15) is 0 Å². The molecule has 1 aliphatic rings. The molecule has 2 amide bonds. The summed E-state index contributed by atoms with van der Waals surface area (Å²) in [4.78, 5) is 23.4. The molecule has 0 unspecified atom stereocenters. The number of hydrogen-bond acceptors (Lipinski definition) is 3. The Morgan fingerprint density at radius 3 is 2.36 bits per heavy atom. The molecule has 1 rings (SSSR count). The minimum Gasteiger partial charge on any atom is -0.358 e. The van der Waals surface area contributed by atoms with Crippen LogP contribution in [0, 0.1) is 10.1 Å². The summed E-state index contributed by atoms with van der Waals surface area (Å²) in [6.45, 7) is 3.05. The summed E-state index contributed by atoms with van der Waals surface area (Å²) in [5, 5.41) is 12.6. The van der Waals surface area contributed by atoms with Gasteiger partial charge in [-0.25, -0.2) is 4.79 Å². The fourth-order valence-electron chi connectivity index (χ4n) is 0.856. The number of nitrogens with one attached hydrogen (secondary N) is 1. The van der Waals surface area contributed by atoms with E-state index in [1.165, 1.54) is 13.8 Å². The van der Waals surface area contributed by atoms with Crippen molar-refractivity contribution in [2.45, 2.75) is 19.4 Å². The minimum absolute atomic E-state index is 0.331. The second-order valence-electron chi connectivity index (χ2n) is 2.75. The van der Waals surface area contributed by atoms with Crippen molar-refractivity contribution in [1.29, 1.82) is 0 Å². The Labute approximate surface area is 62.5 Å². The summed E-state index contributed by atoms with van der Waals surface area (Å²) in [7, 11) is 0. The van der Waals surface area contributed by atoms with Crippen LogP contribution in [0.25, 0.3) is 0 Å². The van der Waals surface area contributed by atoms with E-state index in [1.54, 1.807) is 0 Å². The average molecular weight is 157 g/mol. The van der Waals surface area contributed by atoms with Gasteiger partial charge >= 0.3 is 11.9 Å².